The molecule has 0 radical (unpaired) electrons. The van der Waals surface area contributed by atoms with Gasteiger partial charge in [0.1, 0.15) is 0 Å². The Morgan fingerprint density at radius 2 is 1.78 bits per heavy atom. The summed E-state index contributed by atoms with van der Waals surface area (Å²) in [5, 5.41) is 19.2. The van der Waals surface area contributed by atoms with Gasteiger partial charge in [-0.1, -0.05) is 48.9 Å². The molecule has 12 heteroatoms. The Morgan fingerprint density at radius 1 is 0.976 bits per heavy atom. The van der Waals surface area contributed by atoms with E-state index in [1.165, 1.54) is 46.6 Å². The van der Waals surface area contributed by atoms with Crippen molar-refractivity contribution in [3.8, 4) is 27.6 Å². The summed E-state index contributed by atoms with van der Waals surface area (Å²) < 4.78 is 1.39. The van der Waals surface area contributed by atoms with Crippen LogP contribution in [0.4, 0.5) is 10.8 Å². The lowest BCUT2D eigenvalue weighted by Crippen LogP contribution is -2.37. The lowest BCUT2D eigenvalue weighted by Gasteiger charge is -2.26. The number of aromatic nitrogens is 4. The number of benzene rings is 2. The number of nitrogens with zero attached hydrogens (tertiary/aromatic N) is 6. The van der Waals surface area contributed by atoms with Crippen LogP contribution in [0, 0.1) is 0 Å². The van der Waals surface area contributed by atoms with Gasteiger partial charge >= 0.3 is 5.56 Å². The minimum atomic E-state index is -0.360. The van der Waals surface area contributed by atoms with E-state index in [0.29, 0.717) is 33.8 Å². The van der Waals surface area contributed by atoms with Crippen molar-refractivity contribution in [1.82, 2.24) is 30.0 Å². The van der Waals surface area contributed by atoms with Crippen LogP contribution in [0.25, 0.3) is 27.6 Å². The Bertz CT molecular complexity index is 1680. The number of piperidine rings is 1. The smallest absolute Gasteiger partial charge is 0.301 e. The van der Waals surface area contributed by atoms with Crippen LogP contribution in [0.2, 0.25) is 0 Å². The summed E-state index contributed by atoms with van der Waals surface area (Å²) in [6, 6.07) is 16.9. The first-order valence-corrected chi connectivity index (χ1v) is 15.2. The monoisotopic (exact) mass is 584 g/mol. The van der Waals surface area contributed by atoms with Crippen LogP contribution in [-0.2, 0) is 0 Å². The molecule has 1 aliphatic rings. The Labute approximate surface area is 244 Å². The topological polar surface area (TPSA) is 121 Å². The zero-order valence-electron chi connectivity index (χ0n) is 22.2. The molecule has 5 aromatic rings. The minimum absolute atomic E-state index is 0.0849. The largest absolute Gasteiger partial charge is 0.351 e. The molecule has 3 aromatic heterocycles. The minimum Gasteiger partial charge on any atom is -0.351 e. The fraction of sp³-hybridized carbons (Fsp3) is 0.241. The normalized spacial score (nSPS) is 14.0. The highest BCUT2D eigenvalue weighted by atomic mass is 32.1. The van der Waals surface area contributed by atoms with Crippen molar-refractivity contribution < 1.29 is 4.79 Å². The molecule has 41 heavy (non-hydrogen) atoms. The van der Waals surface area contributed by atoms with Gasteiger partial charge in [0, 0.05) is 46.7 Å². The fourth-order valence-electron chi connectivity index (χ4n) is 4.72. The summed E-state index contributed by atoms with van der Waals surface area (Å²) in [5.74, 6) is -0.0849. The highest BCUT2D eigenvalue weighted by Crippen LogP contribution is 2.30. The first kappa shape index (κ1) is 26.9. The molecule has 4 heterocycles. The maximum Gasteiger partial charge on any atom is 0.301 e. The third-order valence-electron chi connectivity index (χ3n) is 6.87. The van der Waals surface area contributed by atoms with Crippen LogP contribution in [-0.4, -0.2) is 56.7 Å². The molecule has 0 spiro atoms. The highest BCUT2D eigenvalue weighted by molar-refractivity contribution is 7.13. The van der Waals surface area contributed by atoms with Crippen molar-refractivity contribution in [3.63, 3.8) is 0 Å². The number of amides is 1. The molecule has 0 aliphatic carbocycles. The Balaban J connectivity index is 1.19. The van der Waals surface area contributed by atoms with Crippen LogP contribution in [0.3, 0.4) is 0 Å². The third kappa shape index (κ3) is 6.24. The third-order valence-corrected chi connectivity index (χ3v) is 8.35. The second kappa shape index (κ2) is 12.5. The molecule has 0 unspecified atom stereocenters. The van der Waals surface area contributed by atoms with E-state index in [9.17, 15) is 9.59 Å². The molecular weight excluding hydrogens is 557 g/mol. The molecular formula is C29H28N8O2S2. The molecule has 1 amide bonds. The first-order valence-electron chi connectivity index (χ1n) is 13.4. The fourth-order valence-corrected chi connectivity index (χ4v) is 5.97. The lowest BCUT2D eigenvalue weighted by molar-refractivity contribution is 0.0946. The predicted molar refractivity (Wildman–Crippen MR) is 162 cm³/mol. The van der Waals surface area contributed by atoms with Crippen LogP contribution in [0.15, 0.2) is 86.6 Å². The SMILES string of the molecule is O=C(NCCN1CCCCC1)c1ccc(-c2csc(-n3[nH]c(-c4ccccc4)c(N=Nc4nccs4)c3=O)n2)cc1. The molecule has 0 bridgehead atoms. The van der Waals surface area contributed by atoms with Crippen molar-refractivity contribution in [2.75, 3.05) is 26.2 Å². The van der Waals surface area contributed by atoms with Gasteiger partial charge in [-0.05, 0) is 38.1 Å². The number of likely N-dealkylation sites (tertiary alicyclic amines) is 1. The van der Waals surface area contributed by atoms with Gasteiger partial charge in [0.25, 0.3) is 5.91 Å². The summed E-state index contributed by atoms with van der Waals surface area (Å²) in [6.45, 7) is 3.74. The van der Waals surface area contributed by atoms with Gasteiger partial charge in [-0.2, -0.15) is 4.68 Å². The number of H-pyrrole nitrogens is 1. The van der Waals surface area contributed by atoms with Crippen LogP contribution in [0.1, 0.15) is 29.6 Å². The molecule has 10 nitrogen and oxygen atoms in total. The zero-order chi connectivity index (χ0) is 28.0. The molecule has 1 saturated heterocycles. The van der Waals surface area contributed by atoms with Gasteiger partial charge in [-0.25, -0.2) is 9.97 Å². The van der Waals surface area contributed by atoms with Crippen molar-refractivity contribution in [1.29, 1.82) is 0 Å². The van der Waals surface area contributed by atoms with Crippen molar-refractivity contribution in [2.24, 2.45) is 10.2 Å². The number of carbonyl (C=O) groups is 1. The molecule has 1 aliphatic heterocycles. The number of hydrogen-bond acceptors (Lipinski definition) is 9. The van der Waals surface area contributed by atoms with Crippen LogP contribution < -0.4 is 10.9 Å². The quantitative estimate of drug-likeness (QED) is 0.205. The zero-order valence-corrected chi connectivity index (χ0v) is 23.8. The van der Waals surface area contributed by atoms with E-state index >= 15 is 0 Å². The standard InChI is InChI=1S/C29H28N8O2S2/c38-26(30-13-17-36-15-5-2-6-16-36)22-11-9-20(10-12-22)23-19-41-29(32-23)37-27(39)25(33-34-28-31-14-18-40-28)24(35-37)21-7-3-1-4-8-21/h1,3-4,7-12,14,18-19,35H,2,5-6,13,15-17H2,(H,30,38). The highest BCUT2D eigenvalue weighted by Gasteiger charge is 2.19. The van der Waals surface area contributed by atoms with Gasteiger partial charge < -0.3 is 10.2 Å². The van der Waals surface area contributed by atoms with Gasteiger partial charge in [-0.15, -0.1) is 32.9 Å². The summed E-state index contributed by atoms with van der Waals surface area (Å²) in [6.07, 6.45) is 5.41. The van der Waals surface area contributed by atoms with Gasteiger partial charge in [-0.3, -0.25) is 14.7 Å². The molecule has 1 fully saturated rings. The second-order valence-electron chi connectivity index (χ2n) is 9.61. The van der Waals surface area contributed by atoms with E-state index in [1.54, 1.807) is 23.7 Å². The molecule has 6 rings (SSSR count). The number of carbonyl (C=O) groups excluding carboxylic acids is 1. The second-order valence-corrected chi connectivity index (χ2v) is 11.3. The van der Waals surface area contributed by atoms with Gasteiger partial charge in [0.05, 0.1) is 11.4 Å². The van der Waals surface area contributed by atoms with Crippen LogP contribution >= 0.6 is 22.7 Å². The number of azo groups is 1. The van der Waals surface area contributed by atoms with Gasteiger partial charge in [0.15, 0.2) is 5.69 Å². The van der Waals surface area contributed by atoms with E-state index in [4.69, 9.17) is 4.98 Å². The molecule has 2 N–H and O–H groups in total. The summed E-state index contributed by atoms with van der Waals surface area (Å²) >= 11 is 2.67. The van der Waals surface area contributed by atoms with Crippen molar-refractivity contribution in [3.05, 3.63) is 87.5 Å². The molecule has 0 saturated carbocycles. The molecule has 2 aromatic carbocycles. The Kier molecular flexibility index (Phi) is 8.21. The van der Waals surface area contributed by atoms with E-state index in [1.807, 2.05) is 47.8 Å². The average Bonchev–Trinajstić information content (AvgIpc) is 3.78. The molecule has 0 atom stereocenters. The van der Waals surface area contributed by atoms with E-state index < -0.39 is 0 Å². The lowest BCUT2D eigenvalue weighted by atomic mass is 10.1. The predicted octanol–water partition coefficient (Wildman–Crippen LogP) is 6.04. The summed E-state index contributed by atoms with van der Waals surface area (Å²) in [5.41, 5.74) is 3.33. The molecule has 208 valence electrons. The maximum atomic E-state index is 13.5. The number of thiazole rings is 2. The van der Waals surface area contributed by atoms with Crippen molar-refractivity contribution in [2.45, 2.75) is 19.3 Å². The van der Waals surface area contributed by atoms with E-state index in [-0.39, 0.29) is 17.2 Å². The number of aromatic amines is 1. The Hall–Kier alpha value is -4.26. The first-order chi connectivity index (χ1) is 20.2. The van der Waals surface area contributed by atoms with E-state index in [0.717, 1.165) is 30.8 Å². The van der Waals surface area contributed by atoms with Gasteiger partial charge in [0.2, 0.25) is 10.3 Å². The average molecular weight is 585 g/mol. The summed E-state index contributed by atoms with van der Waals surface area (Å²) in [7, 11) is 0. The Morgan fingerprint density at radius 3 is 2.54 bits per heavy atom. The number of rotatable bonds is 9. The summed E-state index contributed by atoms with van der Waals surface area (Å²) in [4.78, 5) is 37.3. The van der Waals surface area contributed by atoms with Crippen molar-refractivity contribution >= 4 is 39.4 Å². The van der Waals surface area contributed by atoms with Crippen LogP contribution in [0.5, 0.6) is 0 Å². The number of nitrogens with one attached hydrogen (secondary N) is 2. The maximum absolute atomic E-state index is 13.5. The number of hydrogen-bond donors (Lipinski definition) is 2. The van der Waals surface area contributed by atoms with E-state index in [2.05, 4.69) is 30.5 Å².